The van der Waals surface area contributed by atoms with Crippen LogP contribution in [-0.2, 0) is 7.05 Å². The highest BCUT2D eigenvalue weighted by Crippen LogP contribution is 2.33. The molecule has 1 N–H and O–H groups in total. The molecule has 0 fully saturated rings. The fraction of sp³-hybridized carbons (Fsp3) is 0.235. The van der Waals surface area contributed by atoms with Crippen molar-refractivity contribution in [3.63, 3.8) is 0 Å². The Morgan fingerprint density at radius 1 is 1.30 bits per heavy atom. The van der Waals surface area contributed by atoms with Gasteiger partial charge >= 0.3 is 0 Å². The van der Waals surface area contributed by atoms with E-state index in [4.69, 9.17) is 4.42 Å². The second-order valence-corrected chi connectivity index (χ2v) is 5.83. The summed E-state index contributed by atoms with van der Waals surface area (Å²) in [7, 11) is 1.98. The van der Waals surface area contributed by atoms with Crippen LogP contribution in [0.1, 0.15) is 18.6 Å². The van der Waals surface area contributed by atoms with Gasteiger partial charge < -0.3 is 14.1 Å². The van der Waals surface area contributed by atoms with Gasteiger partial charge in [-0.25, -0.2) is 9.97 Å². The number of rotatable bonds is 2. The molecule has 0 bridgehead atoms. The highest BCUT2D eigenvalue weighted by atomic mass is 16.4. The quantitative estimate of drug-likeness (QED) is 0.789. The van der Waals surface area contributed by atoms with Gasteiger partial charge in [0.2, 0.25) is 5.89 Å². The molecule has 0 amide bonds. The second kappa shape index (κ2) is 4.63. The van der Waals surface area contributed by atoms with Gasteiger partial charge in [0.1, 0.15) is 11.3 Å². The molecule has 0 saturated heterocycles. The van der Waals surface area contributed by atoms with Crippen LogP contribution in [0, 0.1) is 6.92 Å². The van der Waals surface area contributed by atoms with Crippen LogP contribution < -0.4 is 0 Å². The molecule has 1 aromatic carbocycles. The Morgan fingerprint density at radius 2 is 2.13 bits per heavy atom. The lowest BCUT2D eigenvalue weighted by Crippen LogP contribution is -2.20. The van der Waals surface area contributed by atoms with E-state index in [1.165, 1.54) is 0 Å². The summed E-state index contributed by atoms with van der Waals surface area (Å²) in [4.78, 5) is 12.8. The van der Waals surface area contributed by atoms with Gasteiger partial charge in [-0.1, -0.05) is 0 Å². The topological polar surface area (TPSA) is 76.4 Å². The van der Waals surface area contributed by atoms with Gasteiger partial charge in [0.25, 0.3) is 0 Å². The molecule has 1 atom stereocenters. The number of aryl methyl sites for hydroxylation is 1. The minimum absolute atomic E-state index is 0.390. The lowest BCUT2D eigenvalue weighted by Gasteiger charge is -2.14. The molecule has 0 aliphatic carbocycles. The molecule has 1 unspecified atom stereocenters. The standard InChI is InChI=1S/C17H16N4O2/c1-10-18-9-14(21(10)3)11-4-5-15-13(8-11)20-16(23-15)12-6-7-19-17(12,2)22/h4-9,22H,1-3H3. The van der Waals surface area contributed by atoms with Crippen molar-refractivity contribution >= 4 is 22.9 Å². The number of fused-ring (bicyclic) bond motifs is 1. The number of oxazole rings is 1. The van der Waals surface area contributed by atoms with Gasteiger partial charge in [0.15, 0.2) is 11.3 Å². The minimum Gasteiger partial charge on any atom is -0.436 e. The summed E-state index contributed by atoms with van der Waals surface area (Å²) < 4.78 is 7.80. The highest BCUT2D eigenvalue weighted by Gasteiger charge is 2.32. The van der Waals surface area contributed by atoms with Gasteiger partial charge in [-0.3, -0.25) is 4.99 Å². The van der Waals surface area contributed by atoms with Gasteiger partial charge in [-0.2, -0.15) is 0 Å². The maximum Gasteiger partial charge on any atom is 0.228 e. The second-order valence-electron chi connectivity index (χ2n) is 5.83. The summed E-state index contributed by atoms with van der Waals surface area (Å²) in [6.45, 7) is 3.58. The Hall–Kier alpha value is -2.73. The first kappa shape index (κ1) is 13.9. The normalized spacial score (nSPS) is 20.4. The molecule has 0 radical (unpaired) electrons. The van der Waals surface area contributed by atoms with Crippen LogP contribution in [0.3, 0.4) is 0 Å². The van der Waals surface area contributed by atoms with Gasteiger partial charge in [-0.05, 0) is 38.1 Å². The Kier molecular flexibility index (Phi) is 2.80. The Bertz CT molecular complexity index is 976. The number of allylic oxidation sites excluding steroid dienone is 1. The summed E-state index contributed by atoms with van der Waals surface area (Å²) in [5, 5.41) is 10.2. The van der Waals surface area contributed by atoms with Crippen molar-refractivity contribution < 1.29 is 9.52 Å². The van der Waals surface area contributed by atoms with E-state index in [1.54, 1.807) is 19.2 Å². The number of nitrogens with zero attached hydrogens (tertiary/aromatic N) is 4. The average Bonchev–Trinajstić information content (AvgIpc) is 3.16. The fourth-order valence-corrected chi connectivity index (χ4v) is 2.73. The van der Waals surface area contributed by atoms with Crippen molar-refractivity contribution in [2.45, 2.75) is 19.6 Å². The Balaban J connectivity index is 1.80. The Labute approximate surface area is 132 Å². The predicted molar refractivity (Wildman–Crippen MR) is 88.0 cm³/mol. The third kappa shape index (κ3) is 2.10. The van der Waals surface area contributed by atoms with Gasteiger partial charge in [0.05, 0.1) is 17.5 Å². The molecule has 3 aromatic rings. The van der Waals surface area contributed by atoms with Crippen molar-refractivity contribution in [2.75, 3.05) is 0 Å². The molecule has 0 spiro atoms. The number of aromatic nitrogens is 3. The van der Waals surface area contributed by atoms with E-state index < -0.39 is 5.72 Å². The van der Waals surface area contributed by atoms with E-state index in [-0.39, 0.29) is 0 Å². The molecule has 1 aliphatic rings. The van der Waals surface area contributed by atoms with Crippen LogP contribution in [0.4, 0.5) is 0 Å². The predicted octanol–water partition coefficient (Wildman–Crippen LogP) is 2.71. The van der Waals surface area contributed by atoms with E-state index in [0.29, 0.717) is 17.0 Å². The summed E-state index contributed by atoms with van der Waals surface area (Å²) >= 11 is 0. The molecule has 6 nitrogen and oxygen atoms in total. The molecule has 1 aliphatic heterocycles. The van der Waals surface area contributed by atoms with Crippen LogP contribution in [0.2, 0.25) is 0 Å². The molecule has 23 heavy (non-hydrogen) atoms. The number of hydrogen-bond acceptors (Lipinski definition) is 5. The van der Waals surface area contributed by atoms with E-state index in [2.05, 4.69) is 15.0 Å². The third-order valence-corrected chi connectivity index (χ3v) is 4.21. The zero-order chi connectivity index (χ0) is 16.2. The minimum atomic E-state index is -1.29. The molecule has 116 valence electrons. The molecular weight excluding hydrogens is 292 g/mol. The molecular formula is C17H16N4O2. The SMILES string of the molecule is Cc1ncc(-c2ccc3oc(C4=CC=NC4(C)O)nc3c2)n1C. The van der Waals surface area contributed by atoms with E-state index >= 15 is 0 Å². The van der Waals surface area contributed by atoms with Crippen molar-refractivity contribution in [3.05, 3.63) is 42.2 Å². The van der Waals surface area contributed by atoms with Crippen molar-refractivity contribution in [2.24, 2.45) is 12.0 Å². The van der Waals surface area contributed by atoms with E-state index in [0.717, 1.165) is 22.6 Å². The molecule has 4 rings (SSSR count). The summed E-state index contributed by atoms with van der Waals surface area (Å²) in [5.41, 5.74) is 2.72. The van der Waals surface area contributed by atoms with Crippen LogP contribution in [0.15, 0.2) is 39.9 Å². The maximum absolute atomic E-state index is 10.2. The molecule has 0 saturated carbocycles. The summed E-state index contributed by atoms with van der Waals surface area (Å²) in [6.07, 6.45) is 5.12. The number of imidazole rings is 1. The smallest absolute Gasteiger partial charge is 0.228 e. The van der Waals surface area contributed by atoms with Crippen molar-refractivity contribution in [1.29, 1.82) is 0 Å². The van der Waals surface area contributed by atoms with Crippen LogP contribution in [0.25, 0.3) is 27.9 Å². The largest absolute Gasteiger partial charge is 0.436 e. The average molecular weight is 308 g/mol. The highest BCUT2D eigenvalue weighted by molar-refractivity contribution is 5.92. The number of aliphatic imine (C=N–C) groups is 1. The molecule has 6 heteroatoms. The van der Waals surface area contributed by atoms with Gasteiger partial charge in [0, 0.05) is 18.8 Å². The van der Waals surface area contributed by atoms with E-state index in [1.807, 2.05) is 42.9 Å². The lowest BCUT2D eigenvalue weighted by atomic mass is 10.1. The van der Waals surface area contributed by atoms with Crippen molar-refractivity contribution in [1.82, 2.24) is 14.5 Å². The first-order valence-electron chi connectivity index (χ1n) is 7.34. The zero-order valence-electron chi connectivity index (χ0n) is 13.1. The number of aliphatic hydroxyl groups is 1. The first-order chi connectivity index (χ1) is 11.0. The Morgan fingerprint density at radius 3 is 2.78 bits per heavy atom. The summed E-state index contributed by atoms with van der Waals surface area (Å²) in [5.74, 6) is 1.34. The number of hydrogen-bond donors (Lipinski definition) is 1. The van der Waals surface area contributed by atoms with Crippen LogP contribution >= 0.6 is 0 Å². The van der Waals surface area contributed by atoms with E-state index in [9.17, 15) is 5.11 Å². The van der Waals surface area contributed by atoms with Crippen LogP contribution in [0.5, 0.6) is 0 Å². The molecule has 2 aromatic heterocycles. The summed E-state index contributed by atoms with van der Waals surface area (Å²) in [6, 6.07) is 5.82. The van der Waals surface area contributed by atoms with Crippen LogP contribution in [-0.4, -0.2) is 31.6 Å². The maximum atomic E-state index is 10.2. The monoisotopic (exact) mass is 308 g/mol. The molecule has 3 heterocycles. The number of benzene rings is 1. The zero-order valence-corrected chi connectivity index (χ0v) is 13.1. The van der Waals surface area contributed by atoms with Crippen molar-refractivity contribution in [3.8, 4) is 11.3 Å². The lowest BCUT2D eigenvalue weighted by molar-refractivity contribution is 0.134. The fourth-order valence-electron chi connectivity index (χ4n) is 2.73. The van der Waals surface area contributed by atoms with Gasteiger partial charge in [-0.15, -0.1) is 0 Å². The first-order valence-corrected chi connectivity index (χ1v) is 7.34. The third-order valence-electron chi connectivity index (χ3n) is 4.21.